The normalized spacial score (nSPS) is 11.2. The summed E-state index contributed by atoms with van der Waals surface area (Å²) in [5, 5.41) is 0. The second kappa shape index (κ2) is 14.8. The molecule has 0 aliphatic rings. The summed E-state index contributed by atoms with van der Waals surface area (Å²) in [5.74, 6) is -1.37. The predicted octanol–water partition coefficient (Wildman–Crippen LogP) is 10.7. The van der Waals surface area contributed by atoms with Crippen LogP contribution in [-0.4, -0.2) is 0 Å². The molecule has 0 amide bonds. The van der Waals surface area contributed by atoms with Crippen LogP contribution in [0, 0.1) is 11.6 Å². The Kier molecular flexibility index (Phi) is 11.5. The molecule has 0 aliphatic heterocycles. The van der Waals surface area contributed by atoms with Crippen LogP contribution < -0.4 is 0 Å². The number of hydrogen-bond donors (Lipinski definition) is 0. The number of hydrogen-bond acceptors (Lipinski definition) is 0. The molecule has 0 aliphatic carbocycles. The minimum atomic E-state index is -0.715. The molecule has 0 atom stereocenters. The molecule has 0 nitrogen and oxygen atoms in total. The number of benzene rings is 3. The molecule has 0 fully saturated rings. The summed E-state index contributed by atoms with van der Waals surface area (Å²) in [7, 11) is 0. The van der Waals surface area contributed by atoms with Gasteiger partial charge in [0, 0.05) is 5.56 Å². The van der Waals surface area contributed by atoms with E-state index in [-0.39, 0.29) is 0 Å². The van der Waals surface area contributed by atoms with Crippen molar-refractivity contribution in [3.63, 3.8) is 0 Å². The molecule has 0 bridgehead atoms. The molecule has 2 heteroatoms. The Morgan fingerprint density at radius 2 is 1.06 bits per heavy atom. The lowest BCUT2D eigenvalue weighted by Crippen LogP contribution is -2.04. The summed E-state index contributed by atoms with van der Waals surface area (Å²) < 4.78 is 30.3. The van der Waals surface area contributed by atoms with E-state index in [4.69, 9.17) is 0 Å². The van der Waals surface area contributed by atoms with Crippen LogP contribution in [0.2, 0.25) is 0 Å². The lowest BCUT2D eigenvalue weighted by Gasteiger charge is -2.15. The van der Waals surface area contributed by atoms with E-state index in [1.807, 2.05) is 55.5 Å². The van der Waals surface area contributed by atoms with Gasteiger partial charge >= 0.3 is 0 Å². The van der Waals surface area contributed by atoms with Gasteiger partial charge in [0.2, 0.25) is 0 Å². The average Bonchev–Trinajstić information content (AvgIpc) is 2.89. The third-order valence-corrected chi connectivity index (χ3v) is 7.00. The minimum Gasteiger partial charge on any atom is -0.203 e. The summed E-state index contributed by atoms with van der Waals surface area (Å²) >= 11 is 0. The van der Waals surface area contributed by atoms with E-state index in [9.17, 15) is 0 Å². The van der Waals surface area contributed by atoms with E-state index < -0.39 is 11.6 Å². The Labute approximate surface area is 211 Å². The topological polar surface area (TPSA) is 0 Å². The van der Waals surface area contributed by atoms with E-state index in [0.29, 0.717) is 17.5 Å². The van der Waals surface area contributed by atoms with Crippen LogP contribution in [-0.2, 0) is 12.8 Å². The van der Waals surface area contributed by atoms with Crippen LogP contribution in [0.4, 0.5) is 8.78 Å². The zero-order chi connectivity index (χ0) is 24.9. The second-order valence-electron chi connectivity index (χ2n) is 9.82. The summed E-state index contributed by atoms with van der Waals surface area (Å²) in [4.78, 5) is 0. The Hall–Kier alpha value is -2.48. The second-order valence-corrected chi connectivity index (χ2v) is 9.82. The van der Waals surface area contributed by atoms with Gasteiger partial charge < -0.3 is 0 Å². The third kappa shape index (κ3) is 8.02. The number of halogens is 2. The standard InChI is InChI=1S/C33H42F2/c1-3-5-6-7-8-9-10-11-12-14-20-29-25-31(33(35)32(34)30(29)17-4-2)28-23-21-27(22-24-28)26-18-15-13-16-19-26/h13,15-16,18-19,21-25H,3-12,14,17,20H2,1-2H3. The molecule has 35 heavy (non-hydrogen) atoms. The maximum atomic E-state index is 15.2. The van der Waals surface area contributed by atoms with Gasteiger partial charge in [0.05, 0.1) is 0 Å². The van der Waals surface area contributed by atoms with Crippen molar-refractivity contribution in [2.45, 2.75) is 97.3 Å². The first-order chi connectivity index (χ1) is 17.2. The quantitative estimate of drug-likeness (QED) is 0.191. The first-order valence-corrected chi connectivity index (χ1v) is 13.8. The lowest BCUT2D eigenvalue weighted by molar-refractivity contribution is 0.497. The zero-order valence-electron chi connectivity index (χ0n) is 21.7. The van der Waals surface area contributed by atoms with Crippen molar-refractivity contribution < 1.29 is 8.78 Å². The molecule has 0 saturated heterocycles. The zero-order valence-corrected chi connectivity index (χ0v) is 21.7. The minimum absolute atomic E-state index is 0.379. The van der Waals surface area contributed by atoms with Crippen molar-refractivity contribution in [2.24, 2.45) is 0 Å². The van der Waals surface area contributed by atoms with Crippen LogP contribution in [0.5, 0.6) is 0 Å². The Morgan fingerprint density at radius 1 is 0.514 bits per heavy atom. The molecule has 0 spiro atoms. The molecule has 0 saturated carbocycles. The van der Waals surface area contributed by atoms with Gasteiger partial charge in [-0.1, -0.05) is 133 Å². The average molecular weight is 477 g/mol. The van der Waals surface area contributed by atoms with Gasteiger partial charge in [0.25, 0.3) is 0 Å². The van der Waals surface area contributed by atoms with E-state index in [2.05, 4.69) is 19.1 Å². The number of rotatable bonds is 15. The van der Waals surface area contributed by atoms with E-state index in [1.54, 1.807) is 0 Å². The molecule has 188 valence electrons. The molecule has 0 radical (unpaired) electrons. The van der Waals surface area contributed by atoms with Gasteiger partial charge in [-0.25, -0.2) is 8.78 Å². The van der Waals surface area contributed by atoms with Crippen molar-refractivity contribution >= 4 is 0 Å². The Balaban J connectivity index is 1.65. The molecular weight excluding hydrogens is 434 g/mol. The summed E-state index contributed by atoms with van der Waals surface area (Å²) in [6.07, 6.45) is 15.0. The molecule has 0 aromatic heterocycles. The molecular formula is C33H42F2. The van der Waals surface area contributed by atoms with Crippen LogP contribution >= 0.6 is 0 Å². The van der Waals surface area contributed by atoms with Crippen LogP contribution in [0.25, 0.3) is 22.3 Å². The number of aryl methyl sites for hydroxylation is 1. The van der Waals surface area contributed by atoms with E-state index in [1.165, 1.54) is 51.4 Å². The molecule has 3 aromatic carbocycles. The van der Waals surface area contributed by atoms with Gasteiger partial charge in [-0.15, -0.1) is 0 Å². The van der Waals surface area contributed by atoms with Crippen molar-refractivity contribution in [2.75, 3.05) is 0 Å². The summed E-state index contributed by atoms with van der Waals surface area (Å²) in [6, 6.07) is 19.8. The van der Waals surface area contributed by atoms with Crippen LogP contribution in [0.3, 0.4) is 0 Å². The predicted molar refractivity (Wildman–Crippen MR) is 147 cm³/mol. The summed E-state index contributed by atoms with van der Waals surface area (Å²) in [6.45, 7) is 4.28. The highest BCUT2D eigenvalue weighted by Crippen LogP contribution is 2.32. The Bertz CT molecular complexity index is 1010. The van der Waals surface area contributed by atoms with Gasteiger partial charge in [0.1, 0.15) is 0 Å². The smallest absolute Gasteiger partial charge is 0.166 e. The first-order valence-electron chi connectivity index (χ1n) is 13.8. The van der Waals surface area contributed by atoms with Crippen molar-refractivity contribution in [1.82, 2.24) is 0 Å². The van der Waals surface area contributed by atoms with E-state index >= 15 is 8.78 Å². The van der Waals surface area contributed by atoms with Crippen molar-refractivity contribution in [3.05, 3.63) is 83.4 Å². The number of unbranched alkanes of at least 4 members (excludes halogenated alkanes) is 9. The first kappa shape index (κ1) is 27.1. The van der Waals surface area contributed by atoms with Crippen LogP contribution in [0.1, 0.15) is 95.6 Å². The van der Waals surface area contributed by atoms with Crippen molar-refractivity contribution in [3.8, 4) is 22.3 Å². The monoisotopic (exact) mass is 476 g/mol. The maximum Gasteiger partial charge on any atom is 0.166 e. The SMILES string of the molecule is CCCCCCCCCCCCc1cc(-c2ccc(-c3ccccc3)cc2)c(F)c(F)c1CCC. The summed E-state index contributed by atoms with van der Waals surface area (Å²) in [5.41, 5.74) is 4.85. The van der Waals surface area contributed by atoms with Crippen LogP contribution in [0.15, 0.2) is 60.7 Å². The van der Waals surface area contributed by atoms with Gasteiger partial charge in [0.15, 0.2) is 11.6 Å². The van der Waals surface area contributed by atoms with Gasteiger partial charge in [-0.3, -0.25) is 0 Å². The molecule has 3 aromatic rings. The molecule has 0 heterocycles. The highest BCUT2D eigenvalue weighted by molar-refractivity contribution is 5.71. The van der Waals surface area contributed by atoms with Crippen molar-refractivity contribution in [1.29, 1.82) is 0 Å². The van der Waals surface area contributed by atoms with Gasteiger partial charge in [-0.05, 0) is 53.1 Å². The highest BCUT2D eigenvalue weighted by Gasteiger charge is 2.19. The third-order valence-electron chi connectivity index (χ3n) is 7.00. The molecule has 3 rings (SSSR count). The Morgan fingerprint density at radius 3 is 1.66 bits per heavy atom. The largest absolute Gasteiger partial charge is 0.203 e. The molecule has 0 N–H and O–H groups in total. The highest BCUT2D eigenvalue weighted by atomic mass is 19.2. The van der Waals surface area contributed by atoms with E-state index in [0.717, 1.165) is 47.9 Å². The molecule has 0 unspecified atom stereocenters. The van der Waals surface area contributed by atoms with Gasteiger partial charge in [-0.2, -0.15) is 0 Å². The fourth-order valence-corrected chi connectivity index (χ4v) is 4.95. The maximum absolute atomic E-state index is 15.2. The fourth-order valence-electron chi connectivity index (χ4n) is 4.95. The lowest BCUT2D eigenvalue weighted by atomic mass is 9.91. The fraction of sp³-hybridized carbons (Fsp3) is 0.455.